The van der Waals surface area contributed by atoms with Gasteiger partial charge >= 0.3 is 0 Å². The van der Waals surface area contributed by atoms with Crippen molar-refractivity contribution in [2.24, 2.45) is 5.73 Å². The van der Waals surface area contributed by atoms with Gasteiger partial charge in [-0.25, -0.2) is 4.98 Å². The van der Waals surface area contributed by atoms with E-state index in [1.807, 2.05) is 54.6 Å². The second-order valence-electron chi connectivity index (χ2n) is 6.24. The van der Waals surface area contributed by atoms with Gasteiger partial charge in [0.15, 0.2) is 5.82 Å². The molecule has 3 rings (SSSR count). The highest BCUT2D eigenvalue weighted by Gasteiger charge is 2.11. The Bertz CT molecular complexity index is 828. The molecular formula is C21H24N4. The van der Waals surface area contributed by atoms with Crippen LogP contribution in [0, 0.1) is 0 Å². The molecule has 0 spiro atoms. The predicted octanol–water partition coefficient (Wildman–Crippen LogP) is 4.77. The third-order valence-electron chi connectivity index (χ3n) is 3.89. The van der Waals surface area contributed by atoms with Crippen molar-refractivity contribution >= 4 is 17.2 Å². The summed E-state index contributed by atoms with van der Waals surface area (Å²) in [5.74, 6) is 0.809. The number of nitrogens with zero attached hydrogens (tertiary/aromatic N) is 1. The zero-order chi connectivity index (χ0) is 17.6. The molecule has 128 valence electrons. The third-order valence-corrected chi connectivity index (χ3v) is 3.89. The van der Waals surface area contributed by atoms with Gasteiger partial charge in [-0.05, 0) is 43.7 Å². The summed E-state index contributed by atoms with van der Waals surface area (Å²) >= 11 is 0. The number of hydrogen-bond acceptors (Lipinski definition) is 4. The molecule has 0 aliphatic heterocycles. The molecule has 3 aromatic rings. The van der Waals surface area contributed by atoms with E-state index < -0.39 is 0 Å². The van der Waals surface area contributed by atoms with E-state index in [4.69, 9.17) is 10.7 Å². The van der Waals surface area contributed by atoms with Crippen molar-refractivity contribution in [2.45, 2.75) is 26.4 Å². The number of para-hydroxylation sites is 1. The summed E-state index contributed by atoms with van der Waals surface area (Å²) in [4.78, 5) is 4.87. The van der Waals surface area contributed by atoms with Gasteiger partial charge in [0, 0.05) is 23.8 Å². The molecule has 1 aromatic heterocycles. The number of rotatable bonds is 6. The maximum atomic E-state index is 5.89. The molecule has 25 heavy (non-hydrogen) atoms. The summed E-state index contributed by atoms with van der Waals surface area (Å²) < 4.78 is 0. The van der Waals surface area contributed by atoms with Crippen molar-refractivity contribution < 1.29 is 0 Å². The third kappa shape index (κ3) is 4.17. The average molecular weight is 332 g/mol. The van der Waals surface area contributed by atoms with Crippen LogP contribution in [0.5, 0.6) is 0 Å². The molecule has 4 N–H and O–H groups in total. The summed E-state index contributed by atoms with van der Waals surface area (Å²) in [6.45, 7) is 4.72. The number of anilines is 3. The number of hydrogen-bond donors (Lipinski definition) is 3. The smallest absolute Gasteiger partial charge is 0.154 e. The highest BCUT2D eigenvalue weighted by atomic mass is 15.1. The van der Waals surface area contributed by atoms with Gasteiger partial charge in [-0.2, -0.15) is 0 Å². The molecule has 0 aliphatic carbocycles. The van der Waals surface area contributed by atoms with E-state index in [0.717, 1.165) is 34.0 Å². The minimum absolute atomic E-state index is 0.320. The summed E-state index contributed by atoms with van der Waals surface area (Å²) in [6.07, 6.45) is 0. The van der Waals surface area contributed by atoms with Crippen molar-refractivity contribution in [3.05, 3.63) is 72.3 Å². The minimum atomic E-state index is 0.320. The monoisotopic (exact) mass is 332 g/mol. The van der Waals surface area contributed by atoms with Crippen LogP contribution < -0.4 is 16.4 Å². The van der Waals surface area contributed by atoms with Gasteiger partial charge in [0.05, 0.1) is 11.4 Å². The highest BCUT2D eigenvalue weighted by molar-refractivity contribution is 5.75. The molecule has 0 amide bonds. The molecule has 0 fully saturated rings. The Kier molecular flexibility index (Phi) is 5.31. The van der Waals surface area contributed by atoms with Gasteiger partial charge in [-0.3, -0.25) is 0 Å². The number of nitrogens with two attached hydrogens (primary N) is 1. The molecule has 0 unspecified atom stereocenters. The minimum Gasteiger partial charge on any atom is -0.380 e. The lowest BCUT2D eigenvalue weighted by molar-refractivity contribution is 0.898. The van der Waals surface area contributed by atoms with Gasteiger partial charge in [0.1, 0.15) is 0 Å². The van der Waals surface area contributed by atoms with Gasteiger partial charge in [0.2, 0.25) is 0 Å². The maximum Gasteiger partial charge on any atom is 0.154 e. The zero-order valence-corrected chi connectivity index (χ0v) is 14.7. The molecular weight excluding hydrogens is 308 g/mol. The van der Waals surface area contributed by atoms with Crippen LogP contribution in [-0.4, -0.2) is 11.0 Å². The second-order valence-corrected chi connectivity index (χ2v) is 6.24. The zero-order valence-electron chi connectivity index (χ0n) is 14.7. The Morgan fingerprint density at radius 1 is 0.920 bits per heavy atom. The number of nitrogens with one attached hydrogen (secondary N) is 2. The second kappa shape index (κ2) is 7.81. The summed E-state index contributed by atoms with van der Waals surface area (Å²) in [7, 11) is 0. The van der Waals surface area contributed by atoms with Crippen LogP contribution in [0.25, 0.3) is 11.3 Å². The molecule has 4 heteroatoms. The summed E-state index contributed by atoms with van der Waals surface area (Å²) in [6, 6.07) is 22.6. The van der Waals surface area contributed by atoms with E-state index in [9.17, 15) is 0 Å². The van der Waals surface area contributed by atoms with E-state index in [2.05, 4.69) is 36.6 Å². The number of benzene rings is 2. The molecule has 2 aromatic carbocycles. The first-order valence-corrected chi connectivity index (χ1v) is 8.55. The van der Waals surface area contributed by atoms with Crippen molar-refractivity contribution in [1.29, 1.82) is 0 Å². The van der Waals surface area contributed by atoms with E-state index in [0.29, 0.717) is 12.6 Å². The lowest BCUT2D eigenvalue weighted by atomic mass is 10.0. The Balaban J connectivity index is 2.03. The SMILES string of the molecule is CC(C)Nc1ccc(-c2ccccc2CN)nc1Nc1ccccc1. The first-order valence-electron chi connectivity index (χ1n) is 8.55. The van der Waals surface area contributed by atoms with Gasteiger partial charge in [-0.1, -0.05) is 42.5 Å². The van der Waals surface area contributed by atoms with E-state index in [1.165, 1.54) is 0 Å². The standard InChI is InChI=1S/C21H24N4/c1-15(2)23-20-13-12-19(18-11-7-6-8-16(18)14-22)25-21(20)24-17-9-4-3-5-10-17/h3-13,15,23H,14,22H2,1-2H3,(H,24,25). The van der Waals surface area contributed by atoms with E-state index in [1.54, 1.807) is 0 Å². The quantitative estimate of drug-likeness (QED) is 0.608. The Hall–Kier alpha value is -2.85. The lowest BCUT2D eigenvalue weighted by Gasteiger charge is -2.17. The fourth-order valence-corrected chi connectivity index (χ4v) is 2.74. The Labute approximate surface area is 149 Å². The van der Waals surface area contributed by atoms with Crippen LogP contribution in [0.15, 0.2) is 66.7 Å². The molecule has 0 atom stereocenters. The maximum absolute atomic E-state index is 5.89. The van der Waals surface area contributed by atoms with Crippen molar-refractivity contribution in [2.75, 3.05) is 10.6 Å². The molecule has 0 bridgehead atoms. The number of aromatic nitrogens is 1. The Morgan fingerprint density at radius 3 is 2.36 bits per heavy atom. The predicted molar refractivity (Wildman–Crippen MR) is 106 cm³/mol. The van der Waals surface area contributed by atoms with Gasteiger partial charge in [-0.15, -0.1) is 0 Å². The molecule has 1 heterocycles. The molecule has 0 saturated heterocycles. The largest absolute Gasteiger partial charge is 0.380 e. The van der Waals surface area contributed by atoms with E-state index in [-0.39, 0.29) is 0 Å². The Morgan fingerprint density at radius 2 is 1.64 bits per heavy atom. The van der Waals surface area contributed by atoms with Crippen LogP contribution in [0.2, 0.25) is 0 Å². The van der Waals surface area contributed by atoms with Gasteiger partial charge < -0.3 is 16.4 Å². The van der Waals surface area contributed by atoms with Gasteiger partial charge in [0.25, 0.3) is 0 Å². The van der Waals surface area contributed by atoms with Crippen LogP contribution in [0.4, 0.5) is 17.2 Å². The van der Waals surface area contributed by atoms with Crippen LogP contribution in [0.3, 0.4) is 0 Å². The normalized spacial score (nSPS) is 10.7. The van der Waals surface area contributed by atoms with Crippen molar-refractivity contribution in [1.82, 2.24) is 4.98 Å². The first-order chi connectivity index (χ1) is 12.2. The molecule has 0 radical (unpaired) electrons. The fourth-order valence-electron chi connectivity index (χ4n) is 2.74. The highest BCUT2D eigenvalue weighted by Crippen LogP contribution is 2.29. The topological polar surface area (TPSA) is 63.0 Å². The van der Waals surface area contributed by atoms with Crippen LogP contribution in [-0.2, 0) is 6.54 Å². The fraction of sp³-hybridized carbons (Fsp3) is 0.190. The lowest BCUT2D eigenvalue weighted by Crippen LogP contribution is -2.12. The molecule has 4 nitrogen and oxygen atoms in total. The van der Waals surface area contributed by atoms with E-state index >= 15 is 0 Å². The summed E-state index contributed by atoms with van der Waals surface area (Å²) in [5, 5.41) is 6.87. The van der Waals surface area contributed by atoms with Crippen molar-refractivity contribution in [3.8, 4) is 11.3 Å². The van der Waals surface area contributed by atoms with Crippen molar-refractivity contribution in [3.63, 3.8) is 0 Å². The molecule has 0 aliphatic rings. The average Bonchev–Trinajstić information content (AvgIpc) is 2.63. The van der Waals surface area contributed by atoms with Crippen LogP contribution in [0.1, 0.15) is 19.4 Å². The number of pyridine rings is 1. The first kappa shape index (κ1) is 17.0. The summed E-state index contributed by atoms with van der Waals surface area (Å²) in [5.41, 5.74) is 10.9. The van der Waals surface area contributed by atoms with Crippen LogP contribution >= 0.6 is 0 Å². The molecule has 0 saturated carbocycles.